The molecule has 2 aromatic carbocycles. The maximum atomic E-state index is 13.1. The van der Waals surface area contributed by atoms with E-state index in [1.54, 1.807) is 28.0 Å². The largest absolute Gasteiger partial charge is 0.335 e. The Morgan fingerprint density at radius 2 is 1.50 bits per heavy atom. The van der Waals surface area contributed by atoms with Gasteiger partial charge in [0.15, 0.2) is 0 Å². The molecule has 4 rings (SSSR count). The van der Waals surface area contributed by atoms with Crippen molar-refractivity contribution in [3.63, 3.8) is 0 Å². The van der Waals surface area contributed by atoms with Crippen LogP contribution in [0.1, 0.15) is 33.6 Å². The molecule has 2 amide bonds. The molecule has 0 unspecified atom stereocenters. The number of sulfonamides is 1. The van der Waals surface area contributed by atoms with E-state index in [0.717, 1.165) is 12.8 Å². The molecular weight excluding hydrogens is 470 g/mol. The van der Waals surface area contributed by atoms with Crippen molar-refractivity contribution >= 4 is 37.8 Å². The molecule has 9 heteroatoms. The van der Waals surface area contributed by atoms with E-state index in [4.69, 9.17) is 0 Å². The lowest BCUT2D eigenvalue weighted by Crippen LogP contribution is -2.50. The second-order valence-corrected chi connectivity index (χ2v) is 10.1. The van der Waals surface area contributed by atoms with Crippen LogP contribution >= 0.6 is 15.9 Å². The lowest BCUT2D eigenvalue weighted by molar-refractivity contribution is 0.0535. The number of nitrogens with one attached hydrogen (secondary N) is 1. The summed E-state index contributed by atoms with van der Waals surface area (Å²) in [6.07, 6.45) is 1.68. The zero-order valence-corrected chi connectivity index (χ0v) is 18.7. The number of halogens is 1. The van der Waals surface area contributed by atoms with Gasteiger partial charge >= 0.3 is 0 Å². The van der Waals surface area contributed by atoms with Crippen molar-refractivity contribution in [2.75, 3.05) is 26.2 Å². The fourth-order valence-corrected chi connectivity index (χ4v) is 5.12. The van der Waals surface area contributed by atoms with Crippen LogP contribution in [0.25, 0.3) is 0 Å². The van der Waals surface area contributed by atoms with E-state index in [1.165, 1.54) is 12.1 Å². The van der Waals surface area contributed by atoms with Crippen LogP contribution in [0.4, 0.5) is 0 Å². The van der Waals surface area contributed by atoms with Crippen LogP contribution in [0.5, 0.6) is 0 Å². The smallest absolute Gasteiger partial charge is 0.255 e. The second kappa shape index (κ2) is 8.49. The number of piperazine rings is 1. The molecule has 2 aliphatic rings. The van der Waals surface area contributed by atoms with Crippen molar-refractivity contribution in [3.8, 4) is 0 Å². The molecule has 1 N–H and O–H groups in total. The molecule has 1 saturated carbocycles. The fourth-order valence-electron chi connectivity index (χ4n) is 3.37. The minimum Gasteiger partial charge on any atom is -0.335 e. The number of carbonyl (C=O) groups is 2. The summed E-state index contributed by atoms with van der Waals surface area (Å²) in [5, 5.41) is 0. The second-order valence-electron chi connectivity index (χ2n) is 7.49. The minimum absolute atomic E-state index is 0.00646. The SMILES string of the molecule is O=C(c1ccccc1)N1CCN(C(=O)c2cc(S(=O)(=O)NC3CC3)ccc2Br)CC1. The molecule has 1 aliphatic heterocycles. The molecule has 1 aliphatic carbocycles. The number of hydrogen-bond acceptors (Lipinski definition) is 4. The third-order valence-electron chi connectivity index (χ3n) is 5.25. The van der Waals surface area contributed by atoms with Gasteiger partial charge in [-0.05, 0) is 59.1 Å². The van der Waals surface area contributed by atoms with Gasteiger partial charge in [0.25, 0.3) is 11.8 Å². The van der Waals surface area contributed by atoms with Crippen LogP contribution in [-0.2, 0) is 10.0 Å². The molecule has 1 heterocycles. The van der Waals surface area contributed by atoms with Gasteiger partial charge in [-0.25, -0.2) is 13.1 Å². The van der Waals surface area contributed by atoms with Crippen molar-refractivity contribution in [1.29, 1.82) is 0 Å². The maximum absolute atomic E-state index is 13.1. The first-order valence-corrected chi connectivity index (χ1v) is 12.1. The van der Waals surface area contributed by atoms with Gasteiger partial charge in [0.2, 0.25) is 10.0 Å². The highest BCUT2D eigenvalue weighted by Crippen LogP contribution is 2.26. The number of benzene rings is 2. The van der Waals surface area contributed by atoms with Gasteiger partial charge in [0.1, 0.15) is 0 Å². The van der Waals surface area contributed by atoms with Gasteiger partial charge in [0.05, 0.1) is 10.5 Å². The molecule has 0 spiro atoms. The van der Waals surface area contributed by atoms with Crippen LogP contribution in [0.2, 0.25) is 0 Å². The zero-order chi connectivity index (χ0) is 21.3. The molecule has 1 saturated heterocycles. The van der Waals surface area contributed by atoms with Crippen molar-refractivity contribution in [2.24, 2.45) is 0 Å². The van der Waals surface area contributed by atoms with E-state index >= 15 is 0 Å². The monoisotopic (exact) mass is 491 g/mol. The number of nitrogens with zero attached hydrogens (tertiary/aromatic N) is 2. The van der Waals surface area contributed by atoms with E-state index in [2.05, 4.69) is 20.7 Å². The highest BCUT2D eigenvalue weighted by Gasteiger charge is 2.30. The molecule has 7 nitrogen and oxygen atoms in total. The molecule has 0 atom stereocenters. The molecular formula is C21H22BrN3O4S. The van der Waals surface area contributed by atoms with Crippen LogP contribution in [0, 0.1) is 0 Å². The Morgan fingerprint density at radius 1 is 0.900 bits per heavy atom. The van der Waals surface area contributed by atoms with Gasteiger partial charge in [-0.2, -0.15) is 0 Å². The van der Waals surface area contributed by atoms with Crippen LogP contribution in [0.3, 0.4) is 0 Å². The average molecular weight is 492 g/mol. The highest BCUT2D eigenvalue weighted by molar-refractivity contribution is 9.10. The standard InChI is InChI=1S/C21H22BrN3O4S/c22-19-9-8-17(30(28,29)23-16-6-7-16)14-18(19)21(27)25-12-10-24(11-13-25)20(26)15-4-2-1-3-5-15/h1-5,8-9,14,16,23H,6-7,10-13H2. The lowest BCUT2D eigenvalue weighted by Gasteiger charge is -2.35. The van der Waals surface area contributed by atoms with E-state index in [1.807, 2.05) is 18.2 Å². The highest BCUT2D eigenvalue weighted by atomic mass is 79.9. The van der Waals surface area contributed by atoms with Crippen LogP contribution in [0.15, 0.2) is 57.9 Å². The quantitative estimate of drug-likeness (QED) is 0.695. The van der Waals surface area contributed by atoms with E-state index < -0.39 is 10.0 Å². The third-order valence-corrected chi connectivity index (χ3v) is 7.46. The summed E-state index contributed by atoms with van der Waals surface area (Å²) >= 11 is 3.37. The molecule has 2 fully saturated rings. The maximum Gasteiger partial charge on any atom is 0.255 e. The molecule has 158 valence electrons. The Labute approximate surface area is 184 Å². The molecule has 0 aromatic heterocycles. The van der Waals surface area contributed by atoms with Gasteiger partial charge in [-0.1, -0.05) is 18.2 Å². The Bertz CT molecular complexity index is 1060. The number of hydrogen-bond donors (Lipinski definition) is 1. The van der Waals surface area contributed by atoms with Crippen LogP contribution in [-0.4, -0.2) is 62.3 Å². The normalized spacial score (nSPS) is 17.1. The van der Waals surface area contributed by atoms with Crippen molar-refractivity contribution in [3.05, 3.63) is 64.1 Å². The Hall–Kier alpha value is -2.23. The summed E-state index contributed by atoms with van der Waals surface area (Å²) in [6.45, 7) is 1.64. The van der Waals surface area contributed by atoms with Crippen LogP contribution < -0.4 is 4.72 Å². The Morgan fingerprint density at radius 3 is 2.10 bits per heavy atom. The average Bonchev–Trinajstić information content (AvgIpc) is 3.57. The first-order chi connectivity index (χ1) is 14.3. The zero-order valence-electron chi connectivity index (χ0n) is 16.3. The van der Waals surface area contributed by atoms with Crippen molar-refractivity contribution in [1.82, 2.24) is 14.5 Å². The Balaban J connectivity index is 1.45. The van der Waals surface area contributed by atoms with Gasteiger partial charge in [0, 0.05) is 42.3 Å². The van der Waals surface area contributed by atoms with E-state index in [0.29, 0.717) is 41.8 Å². The topological polar surface area (TPSA) is 86.8 Å². The van der Waals surface area contributed by atoms with Gasteiger partial charge in [-0.3, -0.25) is 9.59 Å². The van der Waals surface area contributed by atoms with Gasteiger partial charge in [-0.15, -0.1) is 0 Å². The predicted octanol–water partition coefficient (Wildman–Crippen LogP) is 2.49. The summed E-state index contributed by atoms with van der Waals surface area (Å²) in [5.41, 5.74) is 0.928. The summed E-state index contributed by atoms with van der Waals surface area (Å²) in [4.78, 5) is 29.1. The van der Waals surface area contributed by atoms with Gasteiger partial charge < -0.3 is 9.80 Å². The summed E-state index contributed by atoms with van der Waals surface area (Å²) in [6, 6.07) is 13.5. The lowest BCUT2D eigenvalue weighted by atomic mass is 10.1. The fraction of sp³-hybridized carbons (Fsp3) is 0.333. The summed E-state index contributed by atoms with van der Waals surface area (Å²) < 4.78 is 28.2. The minimum atomic E-state index is -3.65. The molecule has 0 bridgehead atoms. The Kier molecular flexibility index (Phi) is 5.95. The number of carbonyl (C=O) groups excluding carboxylic acids is 2. The van der Waals surface area contributed by atoms with E-state index in [9.17, 15) is 18.0 Å². The van der Waals surface area contributed by atoms with Crippen molar-refractivity contribution < 1.29 is 18.0 Å². The molecule has 30 heavy (non-hydrogen) atoms. The molecule has 2 aromatic rings. The van der Waals surface area contributed by atoms with Crippen molar-refractivity contribution in [2.45, 2.75) is 23.8 Å². The first-order valence-electron chi connectivity index (χ1n) is 9.80. The first kappa shape index (κ1) is 21.0. The third kappa shape index (κ3) is 4.58. The van der Waals surface area contributed by atoms with E-state index in [-0.39, 0.29) is 22.8 Å². The number of rotatable bonds is 5. The number of amides is 2. The summed E-state index contributed by atoms with van der Waals surface area (Å²) in [7, 11) is -3.65. The predicted molar refractivity (Wildman–Crippen MR) is 116 cm³/mol. The summed E-state index contributed by atoms with van der Waals surface area (Å²) in [5.74, 6) is -0.305. The molecule has 0 radical (unpaired) electrons.